The van der Waals surface area contributed by atoms with Crippen molar-refractivity contribution in [3.05, 3.63) is 40.1 Å². The molecule has 0 saturated carbocycles. The normalized spacial score (nSPS) is 10.7. The van der Waals surface area contributed by atoms with Gasteiger partial charge >= 0.3 is 0 Å². The number of benzene rings is 1. The lowest BCUT2D eigenvalue weighted by Gasteiger charge is -2.01. The maximum absolute atomic E-state index is 13.6. The van der Waals surface area contributed by atoms with Crippen LogP contribution >= 0.6 is 22.9 Å². The molecule has 1 aromatic carbocycles. The Hall–Kier alpha value is -0.970. The van der Waals surface area contributed by atoms with E-state index in [1.807, 2.05) is 5.38 Å². The number of aromatic nitrogens is 1. The molecule has 0 aliphatic rings. The summed E-state index contributed by atoms with van der Waals surface area (Å²) in [6.45, 7) is 0.419. The highest BCUT2D eigenvalue weighted by atomic mass is 35.5. The molecule has 0 atom stereocenters. The van der Waals surface area contributed by atoms with E-state index >= 15 is 0 Å². The fourth-order valence-electron chi connectivity index (χ4n) is 1.34. The highest BCUT2D eigenvalue weighted by molar-refractivity contribution is 7.13. The van der Waals surface area contributed by atoms with Gasteiger partial charge in [0.1, 0.15) is 10.8 Å². The van der Waals surface area contributed by atoms with Crippen molar-refractivity contribution < 1.29 is 9.13 Å². The van der Waals surface area contributed by atoms with Gasteiger partial charge in [-0.25, -0.2) is 9.37 Å². The Morgan fingerprint density at radius 2 is 2.31 bits per heavy atom. The zero-order chi connectivity index (χ0) is 11.5. The van der Waals surface area contributed by atoms with Crippen LogP contribution < -0.4 is 0 Å². The molecule has 0 radical (unpaired) electrons. The van der Waals surface area contributed by atoms with E-state index in [9.17, 15) is 4.39 Å². The Labute approximate surface area is 102 Å². The van der Waals surface area contributed by atoms with Crippen LogP contribution in [0.3, 0.4) is 0 Å². The first-order chi connectivity index (χ1) is 7.72. The summed E-state index contributed by atoms with van der Waals surface area (Å²) in [4.78, 5) is 4.26. The van der Waals surface area contributed by atoms with Crippen LogP contribution in [0.25, 0.3) is 10.6 Å². The standard InChI is InChI=1S/C11H9ClFNOS/c1-15-5-7-6-16-11(14-7)10-8(12)3-2-4-9(10)13/h2-4,6H,5H2,1H3. The smallest absolute Gasteiger partial charge is 0.134 e. The Bertz CT molecular complexity index is 480. The number of halogens is 2. The van der Waals surface area contributed by atoms with Crippen molar-refractivity contribution in [1.82, 2.24) is 4.98 Å². The van der Waals surface area contributed by atoms with Crippen molar-refractivity contribution in [1.29, 1.82) is 0 Å². The van der Waals surface area contributed by atoms with Crippen molar-refractivity contribution in [2.24, 2.45) is 0 Å². The zero-order valence-electron chi connectivity index (χ0n) is 8.54. The molecule has 5 heteroatoms. The van der Waals surface area contributed by atoms with Crippen LogP contribution in [0, 0.1) is 5.82 Å². The predicted molar refractivity (Wildman–Crippen MR) is 63.2 cm³/mol. The van der Waals surface area contributed by atoms with E-state index in [1.165, 1.54) is 17.4 Å². The van der Waals surface area contributed by atoms with E-state index in [1.54, 1.807) is 19.2 Å². The lowest BCUT2D eigenvalue weighted by molar-refractivity contribution is 0.182. The Morgan fingerprint density at radius 3 is 3.00 bits per heavy atom. The molecule has 1 heterocycles. The summed E-state index contributed by atoms with van der Waals surface area (Å²) in [6, 6.07) is 4.60. The average Bonchev–Trinajstić information content (AvgIpc) is 2.67. The van der Waals surface area contributed by atoms with Gasteiger partial charge in [-0.3, -0.25) is 0 Å². The zero-order valence-corrected chi connectivity index (χ0v) is 10.1. The molecule has 2 nitrogen and oxygen atoms in total. The number of methoxy groups -OCH3 is 1. The first-order valence-electron chi connectivity index (χ1n) is 4.60. The molecule has 0 aliphatic heterocycles. The number of rotatable bonds is 3. The van der Waals surface area contributed by atoms with Gasteiger partial charge in [-0.05, 0) is 12.1 Å². The molecule has 0 unspecified atom stereocenters. The Morgan fingerprint density at radius 1 is 1.50 bits per heavy atom. The summed E-state index contributed by atoms with van der Waals surface area (Å²) in [7, 11) is 1.59. The summed E-state index contributed by atoms with van der Waals surface area (Å²) < 4.78 is 18.5. The van der Waals surface area contributed by atoms with Crippen LogP contribution in [0.4, 0.5) is 4.39 Å². The summed E-state index contributed by atoms with van der Waals surface area (Å²) in [5.74, 6) is -0.356. The quantitative estimate of drug-likeness (QED) is 0.836. The van der Waals surface area contributed by atoms with Gasteiger partial charge in [-0.1, -0.05) is 17.7 Å². The molecule has 0 aliphatic carbocycles. The van der Waals surface area contributed by atoms with Gasteiger partial charge in [0.2, 0.25) is 0 Å². The molecule has 16 heavy (non-hydrogen) atoms. The second-order valence-electron chi connectivity index (χ2n) is 3.17. The van der Waals surface area contributed by atoms with Gasteiger partial charge in [0.15, 0.2) is 0 Å². The van der Waals surface area contributed by atoms with Crippen LogP contribution in [-0.2, 0) is 11.3 Å². The maximum Gasteiger partial charge on any atom is 0.134 e. The average molecular weight is 258 g/mol. The summed E-state index contributed by atoms with van der Waals surface area (Å²) in [5.41, 5.74) is 1.14. The summed E-state index contributed by atoms with van der Waals surface area (Å²) >= 11 is 7.30. The van der Waals surface area contributed by atoms with Crippen molar-refractivity contribution >= 4 is 22.9 Å². The maximum atomic E-state index is 13.6. The number of ether oxygens (including phenoxy) is 1. The van der Waals surface area contributed by atoms with Crippen molar-refractivity contribution in [3.8, 4) is 10.6 Å². The second kappa shape index (κ2) is 4.91. The van der Waals surface area contributed by atoms with Crippen molar-refractivity contribution in [3.63, 3.8) is 0 Å². The van der Waals surface area contributed by atoms with E-state index in [-0.39, 0.29) is 5.82 Å². The second-order valence-corrected chi connectivity index (χ2v) is 4.44. The van der Waals surface area contributed by atoms with Crippen LogP contribution in [0.15, 0.2) is 23.6 Å². The minimum absolute atomic E-state index is 0.356. The lowest BCUT2D eigenvalue weighted by Crippen LogP contribution is -1.89. The minimum atomic E-state index is -0.356. The van der Waals surface area contributed by atoms with Gasteiger partial charge in [0.25, 0.3) is 0 Å². The van der Waals surface area contributed by atoms with E-state index in [0.29, 0.717) is 22.2 Å². The predicted octanol–water partition coefficient (Wildman–Crippen LogP) is 3.75. The van der Waals surface area contributed by atoms with Gasteiger partial charge in [-0.15, -0.1) is 11.3 Å². The largest absolute Gasteiger partial charge is 0.378 e. The molecule has 0 fully saturated rings. The lowest BCUT2D eigenvalue weighted by atomic mass is 10.2. The Balaban J connectivity index is 2.42. The first kappa shape index (κ1) is 11.5. The fraction of sp³-hybridized carbons (Fsp3) is 0.182. The van der Waals surface area contributed by atoms with Gasteiger partial charge in [0, 0.05) is 12.5 Å². The van der Waals surface area contributed by atoms with Gasteiger partial charge in [0.05, 0.1) is 22.9 Å². The first-order valence-corrected chi connectivity index (χ1v) is 5.86. The highest BCUT2D eigenvalue weighted by Crippen LogP contribution is 2.32. The third kappa shape index (κ3) is 2.24. The molecule has 1 aromatic heterocycles. The third-order valence-electron chi connectivity index (χ3n) is 2.02. The highest BCUT2D eigenvalue weighted by Gasteiger charge is 2.13. The van der Waals surface area contributed by atoms with E-state index < -0.39 is 0 Å². The van der Waals surface area contributed by atoms with Gasteiger partial charge in [-0.2, -0.15) is 0 Å². The molecule has 0 N–H and O–H groups in total. The topological polar surface area (TPSA) is 22.1 Å². The van der Waals surface area contributed by atoms with E-state index in [0.717, 1.165) is 5.69 Å². The van der Waals surface area contributed by atoms with Crippen LogP contribution in [-0.4, -0.2) is 12.1 Å². The summed E-state index contributed by atoms with van der Waals surface area (Å²) in [5, 5.41) is 2.79. The Kier molecular flexibility index (Phi) is 3.53. The van der Waals surface area contributed by atoms with E-state index in [4.69, 9.17) is 16.3 Å². The van der Waals surface area contributed by atoms with Crippen molar-refractivity contribution in [2.45, 2.75) is 6.61 Å². The van der Waals surface area contributed by atoms with Crippen LogP contribution in [0.1, 0.15) is 5.69 Å². The van der Waals surface area contributed by atoms with Crippen molar-refractivity contribution in [2.75, 3.05) is 7.11 Å². The molecule has 0 spiro atoms. The van der Waals surface area contributed by atoms with Crippen LogP contribution in [0.2, 0.25) is 5.02 Å². The number of hydrogen-bond donors (Lipinski definition) is 0. The summed E-state index contributed by atoms with van der Waals surface area (Å²) in [6.07, 6.45) is 0. The molecule has 84 valence electrons. The molecule has 2 aromatic rings. The molecule has 0 amide bonds. The monoisotopic (exact) mass is 257 g/mol. The SMILES string of the molecule is COCc1csc(-c2c(F)cccc2Cl)n1. The molecule has 2 rings (SSSR count). The number of nitrogens with zero attached hydrogens (tertiary/aromatic N) is 1. The fourth-order valence-corrected chi connectivity index (χ4v) is 2.51. The minimum Gasteiger partial charge on any atom is -0.378 e. The molecule has 0 saturated heterocycles. The third-order valence-corrected chi connectivity index (χ3v) is 3.24. The molecular weight excluding hydrogens is 249 g/mol. The number of hydrogen-bond acceptors (Lipinski definition) is 3. The van der Waals surface area contributed by atoms with Crippen LogP contribution in [0.5, 0.6) is 0 Å². The number of thiazole rings is 1. The van der Waals surface area contributed by atoms with Gasteiger partial charge < -0.3 is 4.74 Å². The molecular formula is C11H9ClFNOS. The molecule has 0 bridgehead atoms. The van der Waals surface area contributed by atoms with E-state index in [2.05, 4.69) is 4.98 Å².